The summed E-state index contributed by atoms with van der Waals surface area (Å²) in [5.74, 6) is 0.164. The van der Waals surface area contributed by atoms with Crippen molar-refractivity contribution in [2.75, 3.05) is 7.11 Å². The third-order valence-corrected chi connectivity index (χ3v) is 4.78. The second-order valence-electron chi connectivity index (χ2n) is 6.77. The van der Waals surface area contributed by atoms with Gasteiger partial charge in [0.05, 0.1) is 6.10 Å². The van der Waals surface area contributed by atoms with Crippen LogP contribution in [0.2, 0.25) is 0 Å². The number of nitrogens with zero attached hydrogens (tertiary/aromatic N) is 1. The van der Waals surface area contributed by atoms with Crippen molar-refractivity contribution in [1.29, 1.82) is 0 Å². The third-order valence-electron chi connectivity index (χ3n) is 4.78. The largest absolute Gasteiger partial charge is 0.381 e. The van der Waals surface area contributed by atoms with Crippen molar-refractivity contribution < 1.29 is 14.3 Å². The zero-order valence-electron chi connectivity index (χ0n) is 13.6. The third kappa shape index (κ3) is 3.57. The van der Waals surface area contributed by atoms with Gasteiger partial charge in [-0.1, -0.05) is 13.8 Å². The van der Waals surface area contributed by atoms with E-state index in [0.29, 0.717) is 6.42 Å². The van der Waals surface area contributed by atoms with Gasteiger partial charge in [-0.2, -0.15) is 0 Å². The lowest BCUT2D eigenvalue weighted by Crippen LogP contribution is -2.54. The van der Waals surface area contributed by atoms with Crippen molar-refractivity contribution in [3.63, 3.8) is 0 Å². The van der Waals surface area contributed by atoms with Gasteiger partial charge in [-0.05, 0) is 38.5 Å². The fourth-order valence-electron chi connectivity index (χ4n) is 3.62. The summed E-state index contributed by atoms with van der Waals surface area (Å²) >= 11 is 0. The number of carbonyl (C=O) groups excluding carboxylic acids is 2. The van der Waals surface area contributed by atoms with Crippen LogP contribution < -0.4 is 5.32 Å². The molecule has 21 heavy (non-hydrogen) atoms. The van der Waals surface area contributed by atoms with Gasteiger partial charge in [0.15, 0.2) is 0 Å². The first-order chi connectivity index (χ1) is 9.93. The fraction of sp³-hybridized carbons (Fsp3) is 0.875. The van der Waals surface area contributed by atoms with Gasteiger partial charge in [0.2, 0.25) is 11.8 Å². The lowest BCUT2D eigenvalue weighted by molar-refractivity contribution is -0.140. The Morgan fingerprint density at radius 2 is 2.00 bits per heavy atom. The average molecular weight is 296 g/mol. The first-order valence-corrected chi connectivity index (χ1v) is 8.08. The van der Waals surface area contributed by atoms with Crippen LogP contribution in [-0.2, 0) is 14.3 Å². The topological polar surface area (TPSA) is 58.6 Å². The molecule has 1 saturated heterocycles. The highest BCUT2D eigenvalue weighted by Crippen LogP contribution is 2.29. The zero-order valence-corrected chi connectivity index (χ0v) is 13.6. The molecule has 120 valence electrons. The fourth-order valence-corrected chi connectivity index (χ4v) is 3.62. The first kappa shape index (κ1) is 16.3. The van der Waals surface area contributed by atoms with Crippen molar-refractivity contribution in [3.05, 3.63) is 0 Å². The summed E-state index contributed by atoms with van der Waals surface area (Å²) in [6.45, 7) is 5.95. The predicted molar refractivity (Wildman–Crippen MR) is 80.7 cm³/mol. The number of amides is 2. The minimum Gasteiger partial charge on any atom is -0.381 e. The van der Waals surface area contributed by atoms with Gasteiger partial charge in [0.1, 0.15) is 6.04 Å². The van der Waals surface area contributed by atoms with E-state index < -0.39 is 6.04 Å². The van der Waals surface area contributed by atoms with Gasteiger partial charge >= 0.3 is 0 Å². The Balaban J connectivity index is 2.21. The molecular formula is C16H28N2O3. The summed E-state index contributed by atoms with van der Waals surface area (Å²) in [5.41, 5.74) is 0. The lowest BCUT2D eigenvalue weighted by atomic mass is 9.89. The Hall–Kier alpha value is -1.10. The molecule has 0 radical (unpaired) electrons. The number of rotatable bonds is 3. The number of hydrogen-bond donors (Lipinski definition) is 1. The van der Waals surface area contributed by atoms with Crippen molar-refractivity contribution >= 4 is 11.8 Å². The highest BCUT2D eigenvalue weighted by molar-refractivity contribution is 5.90. The number of methoxy groups -OCH3 is 1. The van der Waals surface area contributed by atoms with E-state index in [0.717, 1.165) is 25.7 Å². The molecule has 1 N–H and O–H groups in total. The van der Waals surface area contributed by atoms with E-state index in [2.05, 4.69) is 5.32 Å². The number of ether oxygens (including phenoxy) is 1. The molecule has 5 heteroatoms. The molecular weight excluding hydrogens is 268 g/mol. The molecule has 0 bridgehead atoms. The van der Waals surface area contributed by atoms with Crippen LogP contribution in [0.15, 0.2) is 0 Å². The molecule has 5 nitrogen and oxygen atoms in total. The van der Waals surface area contributed by atoms with E-state index in [1.807, 2.05) is 25.7 Å². The minimum absolute atomic E-state index is 0.0175. The van der Waals surface area contributed by atoms with Gasteiger partial charge in [-0.15, -0.1) is 0 Å². The molecule has 0 aromatic rings. The van der Waals surface area contributed by atoms with Gasteiger partial charge in [-0.3, -0.25) is 9.59 Å². The van der Waals surface area contributed by atoms with Gasteiger partial charge in [0.25, 0.3) is 0 Å². The first-order valence-electron chi connectivity index (χ1n) is 8.08. The average Bonchev–Trinajstić information content (AvgIpc) is 2.55. The normalized spacial score (nSPS) is 34.8. The molecule has 1 saturated carbocycles. The monoisotopic (exact) mass is 296 g/mol. The molecule has 1 aliphatic heterocycles. The van der Waals surface area contributed by atoms with E-state index in [-0.39, 0.29) is 35.9 Å². The van der Waals surface area contributed by atoms with E-state index >= 15 is 0 Å². The minimum atomic E-state index is -0.398. The maximum atomic E-state index is 12.9. The summed E-state index contributed by atoms with van der Waals surface area (Å²) in [6, 6.07) is -0.243. The molecule has 1 aliphatic carbocycles. The molecule has 4 unspecified atom stereocenters. The van der Waals surface area contributed by atoms with Crippen molar-refractivity contribution in [1.82, 2.24) is 10.2 Å². The highest BCUT2D eigenvalue weighted by atomic mass is 16.5. The molecule has 2 rings (SSSR count). The van der Waals surface area contributed by atoms with Gasteiger partial charge < -0.3 is 15.0 Å². The quantitative estimate of drug-likeness (QED) is 0.862. The van der Waals surface area contributed by atoms with Crippen LogP contribution in [0.4, 0.5) is 0 Å². The summed E-state index contributed by atoms with van der Waals surface area (Å²) in [6.07, 6.45) is 4.65. The predicted octanol–water partition coefficient (Wildman–Crippen LogP) is 1.71. The SMILES string of the molecule is COC1CCCC(N2C(=O)C(C(C)C)NC(=O)CC2C)C1. The van der Waals surface area contributed by atoms with Crippen LogP contribution in [0.3, 0.4) is 0 Å². The molecule has 0 spiro atoms. The van der Waals surface area contributed by atoms with Crippen LogP contribution in [0.25, 0.3) is 0 Å². The van der Waals surface area contributed by atoms with Crippen LogP contribution in [0, 0.1) is 5.92 Å². The maximum absolute atomic E-state index is 12.9. The van der Waals surface area contributed by atoms with Crippen molar-refractivity contribution in [2.45, 2.75) is 77.1 Å². The van der Waals surface area contributed by atoms with Crippen LogP contribution in [0.5, 0.6) is 0 Å². The van der Waals surface area contributed by atoms with Gasteiger partial charge in [-0.25, -0.2) is 0 Å². The maximum Gasteiger partial charge on any atom is 0.245 e. The van der Waals surface area contributed by atoms with Crippen LogP contribution >= 0.6 is 0 Å². The highest BCUT2D eigenvalue weighted by Gasteiger charge is 2.40. The van der Waals surface area contributed by atoms with Crippen LogP contribution in [0.1, 0.15) is 52.9 Å². The Kier molecular flexibility index (Phi) is 5.25. The van der Waals surface area contributed by atoms with E-state index in [1.54, 1.807) is 7.11 Å². The Morgan fingerprint density at radius 1 is 1.29 bits per heavy atom. The Bertz CT molecular complexity index is 397. The van der Waals surface area contributed by atoms with E-state index in [4.69, 9.17) is 4.74 Å². The molecule has 0 aromatic carbocycles. The second-order valence-corrected chi connectivity index (χ2v) is 6.77. The van der Waals surface area contributed by atoms with Crippen molar-refractivity contribution in [3.8, 4) is 0 Å². The zero-order chi connectivity index (χ0) is 15.6. The lowest BCUT2D eigenvalue weighted by Gasteiger charge is -2.40. The summed E-state index contributed by atoms with van der Waals surface area (Å²) in [7, 11) is 1.74. The van der Waals surface area contributed by atoms with E-state index in [1.165, 1.54) is 0 Å². The molecule has 2 amide bonds. The standard InChI is InChI=1S/C16H28N2O3/c1-10(2)15-16(20)18(11(3)8-14(19)17-15)12-6-5-7-13(9-12)21-4/h10-13,15H,5-9H2,1-4H3,(H,17,19). The Labute approximate surface area is 127 Å². The summed E-state index contributed by atoms with van der Waals surface area (Å²) in [4.78, 5) is 26.9. The van der Waals surface area contributed by atoms with E-state index in [9.17, 15) is 9.59 Å². The van der Waals surface area contributed by atoms with Crippen LogP contribution in [-0.4, -0.2) is 48.1 Å². The molecule has 1 heterocycles. The molecule has 4 atom stereocenters. The number of nitrogens with one attached hydrogen (secondary N) is 1. The summed E-state index contributed by atoms with van der Waals surface area (Å²) in [5, 5.41) is 2.89. The molecule has 0 aromatic heterocycles. The Morgan fingerprint density at radius 3 is 2.62 bits per heavy atom. The van der Waals surface area contributed by atoms with Gasteiger partial charge in [0, 0.05) is 25.6 Å². The smallest absolute Gasteiger partial charge is 0.245 e. The second kappa shape index (κ2) is 6.77. The number of carbonyl (C=O) groups is 2. The van der Waals surface area contributed by atoms with Crippen molar-refractivity contribution in [2.24, 2.45) is 5.92 Å². The summed E-state index contributed by atoms with van der Waals surface area (Å²) < 4.78 is 5.49. The molecule has 2 aliphatic rings. The molecule has 2 fully saturated rings. The number of hydrogen-bond acceptors (Lipinski definition) is 3.